The van der Waals surface area contributed by atoms with Crippen LogP contribution in [0.2, 0.25) is 0 Å². The van der Waals surface area contributed by atoms with Gasteiger partial charge in [0.15, 0.2) is 0 Å². The van der Waals surface area contributed by atoms with Gasteiger partial charge in [0.1, 0.15) is 17.6 Å². The van der Waals surface area contributed by atoms with Crippen molar-refractivity contribution in [1.82, 2.24) is 9.91 Å². The third-order valence-electron chi connectivity index (χ3n) is 12.5. The lowest BCUT2D eigenvalue weighted by atomic mass is 9.78. The first-order valence-electron chi connectivity index (χ1n) is 20.3. The first-order valence-corrected chi connectivity index (χ1v) is 20.3. The number of phenols is 1. The van der Waals surface area contributed by atoms with Gasteiger partial charge < -0.3 is 44.5 Å². The molecule has 6 rings (SSSR count). The van der Waals surface area contributed by atoms with Crippen LogP contribution in [-0.2, 0) is 23.8 Å². The Morgan fingerprint density at radius 1 is 0.949 bits per heavy atom. The molecule has 59 heavy (non-hydrogen) atoms. The predicted molar refractivity (Wildman–Crippen MR) is 227 cm³/mol. The van der Waals surface area contributed by atoms with E-state index in [4.69, 9.17) is 24.0 Å². The van der Waals surface area contributed by atoms with Crippen LogP contribution in [0, 0.1) is 44.4 Å². The van der Waals surface area contributed by atoms with E-state index in [1.807, 2.05) is 46.7 Å². The largest absolute Gasteiger partial charge is 0.507 e. The number of esters is 1. The number of phenolic OH excluding ortho intramolecular Hbond substituents is 1. The number of hydrogen-bond acceptors (Lipinski definition) is 13. The van der Waals surface area contributed by atoms with Gasteiger partial charge in [-0.3, -0.25) is 19.4 Å². The number of fused-ring (bicyclic) bond motifs is 14. The maximum atomic E-state index is 14.6. The second-order valence-corrected chi connectivity index (χ2v) is 16.7. The van der Waals surface area contributed by atoms with Crippen molar-refractivity contribution in [2.75, 3.05) is 45.7 Å². The van der Waals surface area contributed by atoms with Crippen LogP contribution in [0.5, 0.6) is 11.5 Å². The fraction of sp³-hybridized carbons (Fsp3) is 0.556. The average molecular weight is 819 g/mol. The number of Topliss-reactive ketones (excluding diaryl/α,β-unsaturated/α-hetero) is 1. The van der Waals surface area contributed by atoms with Crippen LogP contribution in [0.15, 0.2) is 41.2 Å². The lowest BCUT2D eigenvalue weighted by Gasteiger charge is -2.38. The van der Waals surface area contributed by atoms with E-state index in [9.17, 15) is 29.7 Å². The van der Waals surface area contributed by atoms with Gasteiger partial charge in [-0.2, -0.15) is 5.10 Å². The summed E-state index contributed by atoms with van der Waals surface area (Å²) < 4.78 is 24.1. The second kappa shape index (κ2) is 18.2. The number of nitrogens with zero attached hydrogens (tertiary/aromatic N) is 3. The van der Waals surface area contributed by atoms with Crippen molar-refractivity contribution in [2.24, 2.45) is 28.8 Å². The van der Waals surface area contributed by atoms with Crippen LogP contribution in [-0.4, -0.2) is 120 Å². The highest BCUT2D eigenvalue weighted by Crippen LogP contribution is 2.50. The lowest BCUT2D eigenvalue weighted by Crippen LogP contribution is -2.46. The molecular formula is C45H62N4O10. The number of ether oxygens (including phenoxy) is 4. The van der Waals surface area contributed by atoms with Gasteiger partial charge in [0.25, 0.3) is 11.7 Å². The van der Waals surface area contributed by atoms with Crippen LogP contribution in [0.1, 0.15) is 81.1 Å². The molecule has 4 aliphatic rings. The standard InChI is InChI=1S/C45H62N4O10/c1-23-14-13-15-24(2)44(55)47-37-28(6)34-25(3)26(4)42-36(35(34)40(53)32(37)22-46-49-19-17-48(11)18-20-49)43(54)45(10,59-42)57-21-16-33(56-12)27(5)41(58-31(9)50)30(8)39(52)29(7)38(23)51/h13-16,21-23,27,29-30,33,38-39,41,51-53H,17-20H2,1-12H3,(H,47,55)/b14-13+,21-16+,24-15-,46-22+/t23?,27-,29-,30-,33+,38+,39-,41-,45+/m1/s1. The van der Waals surface area contributed by atoms with Gasteiger partial charge in [0.2, 0.25) is 0 Å². The number of carbonyl (C=O) groups excluding carboxylic acids is 3. The highest BCUT2D eigenvalue weighted by atomic mass is 16.7. The maximum absolute atomic E-state index is 14.6. The Bertz CT molecular complexity index is 2070. The van der Waals surface area contributed by atoms with Gasteiger partial charge >= 0.3 is 11.8 Å². The van der Waals surface area contributed by atoms with Crippen molar-refractivity contribution in [1.29, 1.82) is 0 Å². The third kappa shape index (κ3) is 9.06. The molecule has 14 nitrogen and oxygen atoms in total. The Morgan fingerprint density at radius 2 is 1.61 bits per heavy atom. The topological polar surface area (TPSA) is 180 Å². The zero-order valence-electron chi connectivity index (χ0n) is 36.5. The Labute approximate surface area is 347 Å². The molecule has 4 N–H and O–H groups in total. The van der Waals surface area contributed by atoms with Gasteiger partial charge in [-0.25, -0.2) is 0 Å². The number of ketones is 1. The van der Waals surface area contributed by atoms with Crippen LogP contribution in [0.4, 0.5) is 5.69 Å². The van der Waals surface area contributed by atoms with E-state index in [1.54, 1.807) is 45.1 Å². The molecule has 0 radical (unpaired) electrons. The first-order chi connectivity index (χ1) is 27.7. The number of aromatic hydroxyl groups is 1. The molecule has 0 aromatic heterocycles. The number of anilines is 1. The summed E-state index contributed by atoms with van der Waals surface area (Å²) in [6.45, 7) is 20.0. The number of allylic oxidation sites excluding steroid dienone is 2. The fourth-order valence-electron chi connectivity index (χ4n) is 8.40. The molecule has 2 aromatic carbocycles. The molecule has 1 amide bonds. The Kier molecular flexibility index (Phi) is 14.0. The minimum Gasteiger partial charge on any atom is -0.507 e. The van der Waals surface area contributed by atoms with Crippen LogP contribution in [0.3, 0.4) is 0 Å². The Morgan fingerprint density at radius 3 is 2.24 bits per heavy atom. The van der Waals surface area contributed by atoms with Gasteiger partial charge in [-0.1, -0.05) is 45.9 Å². The number of methoxy groups -OCH3 is 1. The van der Waals surface area contributed by atoms with Gasteiger partial charge in [0.05, 0.1) is 47.6 Å². The summed E-state index contributed by atoms with van der Waals surface area (Å²) in [6.07, 6.45) is 5.84. The van der Waals surface area contributed by atoms with Crippen LogP contribution >= 0.6 is 0 Å². The molecule has 14 heteroatoms. The highest BCUT2D eigenvalue weighted by Gasteiger charge is 2.49. The summed E-state index contributed by atoms with van der Waals surface area (Å²) in [7, 11) is 3.53. The average Bonchev–Trinajstić information content (AvgIpc) is 3.46. The second-order valence-electron chi connectivity index (χ2n) is 16.7. The van der Waals surface area contributed by atoms with E-state index >= 15 is 0 Å². The van der Waals surface area contributed by atoms with Crippen molar-refractivity contribution in [3.05, 3.63) is 64.0 Å². The first kappa shape index (κ1) is 45.3. The molecule has 1 unspecified atom stereocenters. The SMILES string of the molecule is CO[C@H]1/C=C/O[C@@]2(C)Oc3c(C)c(C)c4c(C)c(c(/C=N/N5CCN(C)CC5)c(O)c4c3C2=O)NC(=O)/C(C)=C\C=C\C(C)[C@H](O)[C@@H](C)[C@@H](O)[C@@H](C)[C@H](OC(C)=O)[C@@H]1C. The van der Waals surface area contributed by atoms with Crippen molar-refractivity contribution < 1.29 is 48.7 Å². The highest BCUT2D eigenvalue weighted by molar-refractivity contribution is 6.22. The number of hydrogen-bond donors (Lipinski definition) is 4. The summed E-state index contributed by atoms with van der Waals surface area (Å²) in [5, 5.41) is 45.7. The number of nitrogens with one attached hydrogen (secondary N) is 1. The van der Waals surface area contributed by atoms with Crippen molar-refractivity contribution in [3.63, 3.8) is 0 Å². The minimum absolute atomic E-state index is 0.141. The number of carbonyl (C=O) groups is 3. The number of benzene rings is 2. The number of amides is 1. The summed E-state index contributed by atoms with van der Waals surface area (Å²) in [5.41, 5.74) is 3.07. The zero-order chi connectivity index (χ0) is 43.7. The third-order valence-corrected chi connectivity index (χ3v) is 12.5. The van der Waals surface area contributed by atoms with Crippen molar-refractivity contribution in [3.8, 4) is 11.5 Å². The summed E-state index contributed by atoms with van der Waals surface area (Å²) in [6, 6.07) is 0. The number of aryl methyl sites for hydroxylation is 2. The number of aliphatic hydroxyl groups is 2. The molecule has 0 saturated carbocycles. The monoisotopic (exact) mass is 818 g/mol. The normalized spacial score (nSPS) is 32.1. The van der Waals surface area contributed by atoms with Gasteiger partial charge in [-0.05, 0) is 62.9 Å². The summed E-state index contributed by atoms with van der Waals surface area (Å²) in [4.78, 5) is 43.1. The van der Waals surface area contributed by atoms with Gasteiger partial charge in [0, 0.05) is 81.8 Å². The molecule has 1 saturated heterocycles. The molecule has 2 aromatic rings. The molecule has 9 atom stereocenters. The summed E-state index contributed by atoms with van der Waals surface area (Å²) >= 11 is 0. The number of hydrazone groups is 1. The van der Waals surface area contributed by atoms with E-state index in [0.717, 1.165) is 18.7 Å². The van der Waals surface area contributed by atoms with Gasteiger partial charge in [-0.15, -0.1) is 0 Å². The maximum Gasteiger partial charge on any atom is 0.312 e. The molecule has 1 fully saturated rings. The molecule has 0 spiro atoms. The van der Waals surface area contributed by atoms with E-state index < -0.39 is 71.5 Å². The number of piperazine rings is 1. The Balaban J connectivity index is 1.70. The number of likely N-dealkylation sites (N-methyl/N-ethyl adjacent to an activating group) is 1. The van der Waals surface area contributed by atoms with Crippen LogP contribution in [0.25, 0.3) is 10.8 Å². The Hall–Kier alpha value is -4.76. The quantitative estimate of drug-likeness (QED) is 0.224. The molecular weight excluding hydrogens is 757 g/mol. The minimum atomic E-state index is -1.85. The number of aliphatic hydroxyl groups excluding tert-OH is 2. The van der Waals surface area contributed by atoms with E-state index in [1.165, 1.54) is 33.4 Å². The molecule has 4 heterocycles. The van der Waals surface area contributed by atoms with E-state index in [-0.39, 0.29) is 28.0 Å². The van der Waals surface area contributed by atoms with Crippen LogP contribution < -0.4 is 10.1 Å². The summed E-state index contributed by atoms with van der Waals surface area (Å²) in [5.74, 6) is -5.60. The van der Waals surface area contributed by atoms with Crippen molar-refractivity contribution >= 4 is 40.3 Å². The fourth-order valence-corrected chi connectivity index (χ4v) is 8.40. The predicted octanol–water partition coefficient (Wildman–Crippen LogP) is 5.54. The molecule has 0 aliphatic carbocycles. The van der Waals surface area contributed by atoms with E-state index in [0.29, 0.717) is 40.9 Å². The van der Waals surface area contributed by atoms with Crippen molar-refractivity contribution in [2.45, 2.75) is 99.4 Å². The molecule has 4 aliphatic heterocycles. The molecule has 5 bridgehead atoms. The smallest absolute Gasteiger partial charge is 0.312 e. The molecule has 322 valence electrons. The lowest BCUT2D eigenvalue weighted by molar-refractivity contribution is -0.160. The number of rotatable bonds is 4. The zero-order valence-corrected chi connectivity index (χ0v) is 36.5. The van der Waals surface area contributed by atoms with E-state index in [2.05, 4.69) is 10.2 Å².